The Hall–Kier alpha value is -1.10. The lowest BCUT2D eigenvalue weighted by Gasteiger charge is -2.26. The van der Waals surface area contributed by atoms with Gasteiger partial charge in [-0.1, -0.05) is 25.7 Å². The molecular weight excluding hydrogens is 292 g/mol. The molecule has 1 N–H and O–H groups in total. The molecule has 1 atom stereocenters. The van der Waals surface area contributed by atoms with E-state index in [0.29, 0.717) is 11.8 Å². The number of likely N-dealkylation sites (tertiary alicyclic amines) is 1. The Morgan fingerprint density at radius 3 is 2.35 bits per heavy atom. The molecular formula is C18H32N2O3. The monoisotopic (exact) mass is 324 g/mol. The molecule has 0 aromatic rings. The number of likely N-dealkylation sites (N-methyl/N-ethyl adjacent to an activating group) is 1. The number of nitrogens with zero attached hydrogens (tertiary/aromatic N) is 2. The number of carboxylic acid groups (broad SMARTS) is 1. The molecule has 0 spiro atoms. The Balaban J connectivity index is 1.79. The van der Waals surface area contributed by atoms with Crippen molar-refractivity contribution in [2.24, 2.45) is 5.92 Å². The number of aliphatic carboxylic acids is 1. The van der Waals surface area contributed by atoms with Gasteiger partial charge in [-0.25, -0.2) is 0 Å². The lowest BCUT2D eigenvalue weighted by atomic mass is 9.96. The summed E-state index contributed by atoms with van der Waals surface area (Å²) in [5, 5.41) is 8.92. The highest BCUT2D eigenvalue weighted by Gasteiger charge is 2.25. The molecule has 1 amide bonds. The minimum absolute atomic E-state index is 0.0840. The van der Waals surface area contributed by atoms with E-state index in [1.165, 1.54) is 38.5 Å². The van der Waals surface area contributed by atoms with Crippen LogP contribution in [0.1, 0.15) is 64.2 Å². The quantitative estimate of drug-likeness (QED) is 0.790. The summed E-state index contributed by atoms with van der Waals surface area (Å²) < 4.78 is 0. The minimum Gasteiger partial charge on any atom is -0.480 e. The molecule has 0 aromatic carbocycles. The largest absolute Gasteiger partial charge is 0.480 e. The number of carbonyl (C=O) groups excluding carboxylic acids is 1. The maximum atomic E-state index is 12.6. The van der Waals surface area contributed by atoms with Crippen molar-refractivity contribution < 1.29 is 14.7 Å². The predicted octanol–water partition coefficient (Wildman–Crippen LogP) is 2.74. The van der Waals surface area contributed by atoms with Crippen LogP contribution in [0.4, 0.5) is 0 Å². The summed E-state index contributed by atoms with van der Waals surface area (Å²) in [6.45, 7) is 1.70. The van der Waals surface area contributed by atoms with Crippen LogP contribution in [-0.4, -0.2) is 59.5 Å². The van der Waals surface area contributed by atoms with E-state index >= 15 is 0 Å². The third-order valence-electron chi connectivity index (χ3n) is 5.50. The number of carboxylic acids is 1. The van der Waals surface area contributed by atoms with E-state index in [4.69, 9.17) is 5.11 Å². The van der Waals surface area contributed by atoms with Gasteiger partial charge >= 0.3 is 5.97 Å². The van der Waals surface area contributed by atoms with Crippen LogP contribution < -0.4 is 0 Å². The summed E-state index contributed by atoms with van der Waals surface area (Å²) in [6.07, 6.45) is 11.2. The average Bonchev–Trinajstić information content (AvgIpc) is 2.88. The molecule has 1 saturated heterocycles. The minimum atomic E-state index is -0.780. The Morgan fingerprint density at radius 2 is 1.70 bits per heavy atom. The number of amides is 1. The van der Waals surface area contributed by atoms with Gasteiger partial charge in [0.05, 0.1) is 6.54 Å². The topological polar surface area (TPSA) is 60.9 Å². The van der Waals surface area contributed by atoms with E-state index in [0.717, 1.165) is 38.8 Å². The van der Waals surface area contributed by atoms with E-state index in [9.17, 15) is 9.59 Å². The molecule has 1 aliphatic heterocycles. The Bertz CT molecular complexity index is 392. The fourth-order valence-electron chi connectivity index (χ4n) is 4.06. The van der Waals surface area contributed by atoms with Crippen molar-refractivity contribution in [3.8, 4) is 0 Å². The average molecular weight is 324 g/mol. The Kier molecular flexibility index (Phi) is 7.34. The summed E-state index contributed by atoms with van der Waals surface area (Å²) >= 11 is 0. The van der Waals surface area contributed by atoms with E-state index < -0.39 is 5.97 Å². The first kappa shape index (κ1) is 18.2. The van der Waals surface area contributed by atoms with Crippen molar-refractivity contribution in [1.29, 1.82) is 0 Å². The molecule has 132 valence electrons. The molecule has 0 bridgehead atoms. The normalized spacial score (nSPS) is 24.3. The smallest absolute Gasteiger partial charge is 0.317 e. The molecule has 1 aliphatic carbocycles. The zero-order valence-corrected chi connectivity index (χ0v) is 14.5. The van der Waals surface area contributed by atoms with E-state index in [1.54, 1.807) is 0 Å². The SMILES string of the molecule is CN(CC(=O)O)C1CCCN(C(=O)CC2CCCCCC2)CC1. The summed E-state index contributed by atoms with van der Waals surface area (Å²) in [6, 6.07) is 0.279. The molecule has 5 nitrogen and oxygen atoms in total. The third-order valence-corrected chi connectivity index (χ3v) is 5.50. The van der Waals surface area contributed by atoms with Crippen molar-refractivity contribution in [1.82, 2.24) is 9.80 Å². The maximum absolute atomic E-state index is 12.6. The van der Waals surface area contributed by atoms with Crippen LogP contribution in [0.2, 0.25) is 0 Å². The zero-order chi connectivity index (χ0) is 16.7. The van der Waals surface area contributed by atoms with Crippen molar-refractivity contribution >= 4 is 11.9 Å². The number of hydrogen-bond acceptors (Lipinski definition) is 3. The third kappa shape index (κ3) is 6.13. The van der Waals surface area contributed by atoms with E-state index in [2.05, 4.69) is 0 Å². The second kappa shape index (κ2) is 9.26. The van der Waals surface area contributed by atoms with Crippen LogP contribution in [0.5, 0.6) is 0 Å². The predicted molar refractivity (Wildman–Crippen MR) is 90.3 cm³/mol. The summed E-state index contributed by atoms with van der Waals surface area (Å²) in [5.41, 5.74) is 0. The van der Waals surface area contributed by atoms with Gasteiger partial charge in [0.2, 0.25) is 5.91 Å². The summed E-state index contributed by atoms with van der Waals surface area (Å²) in [5.74, 6) is 0.121. The summed E-state index contributed by atoms with van der Waals surface area (Å²) in [7, 11) is 1.88. The van der Waals surface area contributed by atoms with Crippen molar-refractivity contribution in [3.63, 3.8) is 0 Å². The number of carbonyl (C=O) groups is 2. The molecule has 2 rings (SSSR count). The molecule has 2 fully saturated rings. The van der Waals surface area contributed by atoms with Crippen molar-refractivity contribution in [3.05, 3.63) is 0 Å². The first-order valence-corrected chi connectivity index (χ1v) is 9.26. The van der Waals surface area contributed by atoms with Gasteiger partial charge in [-0.15, -0.1) is 0 Å². The second-order valence-electron chi connectivity index (χ2n) is 7.34. The summed E-state index contributed by atoms with van der Waals surface area (Å²) in [4.78, 5) is 27.4. The Labute approximate surface area is 140 Å². The molecule has 5 heteroatoms. The van der Waals surface area contributed by atoms with E-state index in [-0.39, 0.29) is 12.6 Å². The van der Waals surface area contributed by atoms with Crippen LogP contribution in [-0.2, 0) is 9.59 Å². The highest BCUT2D eigenvalue weighted by Crippen LogP contribution is 2.26. The zero-order valence-electron chi connectivity index (χ0n) is 14.5. The lowest BCUT2D eigenvalue weighted by Crippen LogP contribution is -2.37. The van der Waals surface area contributed by atoms with Crippen LogP contribution in [0.3, 0.4) is 0 Å². The first-order chi connectivity index (χ1) is 11.1. The van der Waals surface area contributed by atoms with Crippen LogP contribution in [0.15, 0.2) is 0 Å². The molecule has 0 aromatic heterocycles. The van der Waals surface area contributed by atoms with Crippen molar-refractivity contribution in [2.45, 2.75) is 70.3 Å². The molecule has 1 saturated carbocycles. The maximum Gasteiger partial charge on any atom is 0.317 e. The molecule has 1 unspecified atom stereocenters. The van der Waals surface area contributed by atoms with Crippen LogP contribution >= 0.6 is 0 Å². The highest BCUT2D eigenvalue weighted by atomic mass is 16.4. The number of hydrogen-bond donors (Lipinski definition) is 1. The molecule has 2 aliphatic rings. The Morgan fingerprint density at radius 1 is 1.00 bits per heavy atom. The van der Waals surface area contributed by atoms with Gasteiger partial charge in [0.25, 0.3) is 0 Å². The fourth-order valence-corrected chi connectivity index (χ4v) is 4.06. The van der Waals surface area contributed by atoms with Gasteiger partial charge in [-0.2, -0.15) is 0 Å². The van der Waals surface area contributed by atoms with Gasteiger partial charge in [0, 0.05) is 25.6 Å². The second-order valence-corrected chi connectivity index (χ2v) is 7.34. The van der Waals surface area contributed by atoms with E-state index in [1.807, 2.05) is 16.8 Å². The molecule has 1 heterocycles. The van der Waals surface area contributed by atoms with Gasteiger partial charge in [0.15, 0.2) is 0 Å². The van der Waals surface area contributed by atoms with Gasteiger partial charge in [-0.3, -0.25) is 14.5 Å². The molecule has 23 heavy (non-hydrogen) atoms. The lowest BCUT2D eigenvalue weighted by molar-refractivity contribution is -0.138. The van der Waals surface area contributed by atoms with Gasteiger partial charge in [-0.05, 0) is 45.1 Å². The molecule has 0 radical (unpaired) electrons. The van der Waals surface area contributed by atoms with Crippen LogP contribution in [0, 0.1) is 5.92 Å². The van der Waals surface area contributed by atoms with Crippen molar-refractivity contribution in [2.75, 3.05) is 26.7 Å². The highest BCUT2D eigenvalue weighted by molar-refractivity contribution is 5.76. The fraction of sp³-hybridized carbons (Fsp3) is 0.889. The van der Waals surface area contributed by atoms with Gasteiger partial charge in [0.1, 0.15) is 0 Å². The standard InChI is InChI=1S/C18H32N2O3/c1-19(14-18(22)23)16-9-6-11-20(12-10-16)17(21)13-15-7-4-2-3-5-8-15/h15-16H,2-14H2,1H3,(H,22,23). The van der Waals surface area contributed by atoms with Crippen LogP contribution in [0.25, 0.3) is 0 Å². The first-order valence-electron chi connectivity index (χ1n) is 9.26. The van der Waals surface area contributed by atoms with Gasteiger partial charge < -0.3 is 10.0 Å². The number of rotatable bonds is 5.